The van der Waals surface area contributed by atoms with E-state index in [1.807, 2.05) is 6.07 Å². The largest absolute Gasteiger partial charge is 0.305 e. The summed E-state index contributed by atoms with van der Waals surface area (Å²) in [6.07, 6.45) is 9.39. The molecule has 0 radical (unpaired) electrons. The lowest BCUT2D eigenvalue weighted by Gasteiger charge is -2.03. The van der Waals surface area contributed by atoms with Gasteiger partial charge in [-0.2, -0.15) is 5.10 Å². The van der Waals surface area contributed by atoms with E-state index in [0.29, 0.717) is 23.8 Å². The average molecular weight is 334 g/mol. The lowest BCUT2D eigenvalue weighted by molar-refractivity contribution is 0.102. The number of hydrogen-bond donors (Lipinski definition) is 1. The second-order valence-corrected chi connectivity index (χ2v) is 6.04. The maximum Gasteiger partial charge on any atom is 0.256 e. The van der Waals surface area contributed by atoms with Crippen molar-refractivity contribution in [2.45, 2.75) is 25.3 Å². The average Bonchev–Trinajstić information content (AvgIpc) is 3.40. The topological polar surface area (TPSA) is 59.8 Å². The SMILES string of the molecule is C#CCn1nc(NC(=O)c2ccc(F)cc2)c2ccnc(C3CC3)c21. The number of pyridine rings is 1. The predicted molar refractivity (Wildman–Crippen MR) is 92.7 cm³/mol. The molecule has 5 nitrogen and oxygen atoms in total. The van der Waals surface area contributed by atoms with E-state index < -0.39 is 0 Å². The van der Waals surface area contributed by atoms with Gasteiger partial charge in [-0.1, -0.05) is 5.92 Å². The molecule has 1 aliphatic rings. The van der Waals surface area contributed by atoms with Gasteiger partial charge in [-0.15, -0.1) is 6.42 Å². The highest BCUT2D eigenvalue weighted by atomic mass is 19.1. The summed E-state index contributed by atoms with van der Waals surface area (Å²) in [6.45, 7) is 0.300. The Bertz CT molecular complexity index is 997. The molecule has 1 N–H and O–H groups in total. The number of anilines is 1. The van der Waals surface area contributed by atoms with E-state index in [1.165, 1.54) is 24.3 Å². The number of aromatic nitrogens is 3. The number of hydrogen-bond acceptors (Lipinski definition) is 3. The number of rotatable bonds is 4. The van der Waals surface area contributed by atoms with Crippen molar-refractivity contribution in [3.05, 3.63) is 53.6 Å². The summed E-state index contributed by atoms with van der Waals surface area (Å²) < 4.78 is 14.7. The third-order valence-electron chi connectivity index (χ3n) is 4.23. The Morgan fingerprint density at radius 2 is 2.08 bits per heavy atom. The first-order valence-corrected chi connectivity index (χ1v) is 8.03. The van der Waals surface area contributed by atoms with Crippen LogP contribution in [-0.4, -0.2) is 20.7 Å². The number of fused-ring (bicyclic) bond motifs is 1. The molecule has 1 amide bonds. The van der Waals surface area contributed by atoms with E-state index in [-0.39, 0.29) is 11.7 Å². The molecule has 0 aliphatic heterocycles. The van der Waals surface area contributed by atoms with Gasteiger partial charge >= 0.3 is 0 Å². The Kier molecular flexibility index (Phi) is 3.69. The zero-order chi connectivity index (χ0) is 17.4. The monoisotopic (exact) mass is 334 g/mol. The van der Waals surface area contributed by atoms with Crippen LogP contribution in [0.25, 0.3) is 10.9 Å². The summed E-state index contributed by atoms with van der Waals surface area (Å²) in [5, 5.41) is 8.07. The van der Waals surface area contributed by atoms with E-state index in [1.54, 1.807) is 10.9 Å². The zero-order valence-corrected chi connectivity index (χ0v) is 13.4. The number of amides is 1. The highest BCUT2D eigenvalue weighted by Gasteiger charge is 2.29. The smallest absolute Gasteiger partial charge is 0.256 e. The molecular formula is C19H15FN4O. The van der Waals surface area contributed by atoms with Crippen molar-refractivity contribution in [3.63, 3.8) is 0 Å². The van der Waals surface area contributed by atoms with Crippen LogP contribution in [0.5, 0.6) is 0 Å². The third kappa shape index (κ3) is 2.85. The lowest BCUT2D eigenvalue weighted by atomic mass is 10.1. The Balaban J connectivity index is 1.74. The van der Waals surface area contributed by atoms with Gasteiger partial charge in [0, 0.05) is 23.1 Å². The van der Waals surface area contributed by atoms with Crippen LogP contribution in [0, 0.1) is 18.2 Å². The number of halogens is 1. The van der Waals surface area contributed by atoms with Crippen molar-refractivity contribution in [2.75, 3.05) is 5.32 Å². The molecule has 0 spiro atoms. The molecule has 1 fully saturated rings. The number of nitrogens with one attached hydrogen (secondary N) is 1. The van der Waals surface area contributed by atoms with E-state index >= 15 is 0 Å². The zero-order valence-electron chi connectivity index (χ0n) is 13.4. The summed E-state index contributed by atoms with van der Waals surface area (Å²) in [5.74, 6) is 2.71. The summed E-state index contributed by atoms with van der Waals surface area (Å²) in [6, 6.07) is 7.19. The maximum atomic E-state index is 13.0. The number of nitrogens with zero attached hydrogens (tertiary/aromatic N) is 3. The van der Waals surface area contributed by atoms with Crippen LogP contribution in [0.2, 0.25) is 0 Å². The van der Waals surface area contributed by atoms with Gasteiger partial charge in [-0.3, -0.25) is 9.78 Å². The van der Waals surface area contributed by atoms with E-state index in [9.17, 15) is 9.18 Å². The van der Waals surface area contributed by atoms with Crippen LogP contribution in [0.4, 0.5) is 10.2 Å². The highest BCUT2D eigenvalue weighted by molar-refractivity contribution is 6.08. The van der Waals surface area contributed by atoms with Gasteiger partial charge in [0.2, 0.25) is 0 Å². The lowest BCUT2D eigenvalue weighted by Crippen LogP contribution is -2.12. The van der Waals surface area contributed by atoms with Gasteiger partial charge in [0.1, 0.15) is 12.4 Å². The van der Waals surface area contributed by atoms with E-state index in [4.69, 9.17) is 6.42 Å². The number of carbonyl (C=O) groups excluding carboxylic acids is 1. The summed E-state index contributed by atoms with van der Waals surface area (Å²) in [5.41, 5.74) is 2.21. The Morgan fingerprint density at radius 3 is 2.76 bits per heavy atom. The fraction of sp³-hybridized carbons (Fsp3) is 0.211. The molecule has 1 aliphatic carbocycles. The fourth-order valence-electron chi connectivity index (χ4n) is 2.89. The van der Waals surface area contributed by atoms with E-state index in [0.717, 1.165) is 29.4 Å². The van der Waals surface area contributed by atoms with Crippen molar-refractivity contribution in [1.29, 1.82) is 0 Å². The fourth-order valence-corrected chi connectivity index (χ4v) is 2.89. The van der Waals surface area contributed by atoms with Crippen molar-refractivity contribution in [2.24, 2.45) is 0 Å². The van der Waals surface area contributed by atoms with Crippen LogP contribution in [0.1, 0.15) is 34.8 Å². The van der Waals surface area contributed by atoms with Crippen LogP contribution in [-0.2, 0) is 6.54 Å². The number of carbonyl (C=O) groups is 1. The Hall–Kier alpha value is -3.20. The minimum atomic E-state index is -0.388. The van der Waals surface area contributed by atoms with Crippen molar-refractivity contribution in [1.82, 2.24) is 14.8 Å². The second kappa shape index (κ2) is 6.02. The van der Waals surface area contributed by atoms with Gasteiger partial charge in [0.25, 0.3) is 5.91 Å². The Labute approximate surface area is 143 Å². The predicted octanol–water partition coefficient (Wildman–Crippen LogP) is 3.33. The number of benzene rings is 1. The standard InChI is InChI=1S/C19H15FN4O/c1-2-11-24-17-15(9-10-21-16(17)12-3-4-12)18(23-24)22-19(25)13-5-7-14(20)8-6-13/h1,5-10,12H,3-4,11H2,(H,22,23,25). The van der Waals surface area contributed by atoms with Crippen molar-refractivity contribution >= 4 is 22.6 Å². The van der Waals surface area contributed by atoms with Crippen molar-refractivity contribution < 1.29 is 9.18 Å². The van der Waals surface area contributed by atoms with Crippen LogP contribution >= 0.6 is 0 Å². The normalized spacial score (nSPS) is 13.6. The van der Waals surface area contributed by atoms with Gasteiger partial charge < -0.3 is 5.32 Å². The van der Waals surface area contributed by atoms with Crippen LogP contribution < -0.4 is 5.32 Å². The highest BCUT2D eigenvalue weighted by Crippen LogP contribution is 2.42. The molecule has 4 rings (SSSR count). The van der Waals surface area contributed by atoms with E-state index in [2.05, 4.69) is 21.3 Å². The minimum absolute atomic E-state index is 0.300. The molecule has 1 aromatic carbocycles. The summed E-state index contributed by atoms with van der Waals surface area (Å²) >= 11 is 0. The molecule has 3 aromatic rings. The quantitative estimate of drug-likeness (QED) is 0.745. The Morgan fingerprint density at radius 1 is 1.32 bits per heavy atom. The number of terminal acetylenes is 1. The van der Waals surface area contributed by atoms with Gasteiger partial charge in [0.15, 0.2) is 5.82 Å². The first-order valence-electron chi connectivity index (χ1n) is 8.03. The first kappa shape index (κ1) is 15.3. The molecule has 0 atom stereocenters. The molecule has 2 heterocycles. The van der Waals surface area contributed by atoms with Gasteiger partial charge in [-0.25, -0.2) is 9.07 Å². The first-order chi connectivity index (χ1) is 12.2. The molecule has 1 saturated carbocycles. The molecule has 0 saturated heterocycles. The van der Waals surface area contributed by atoms with Crippen molar-refractivity contribution in [3.8, 4) is 12.3 Å². The molecule has 124 valence electrons. The molecular weight excluding hydrogens is 319 g/mol. The van der Waals surface area contributed by atoms with Gasteiger partial charge in [-0.05, 0) is 43.2 Å². The molecule has 0 bridgehead atoms. The molecule has 25 heavy (non-hydrogen) atoms. The molecule has 0 unspecified atom stereocenters. The van der Waals surface area contributed by atoms with Gasteiger partial charge in [0.05, 0.1) is 11.2 Å². The molecule has 6 heteroatoms. The molecule has 2 aromatic heterocycles. The maximum absolute atomic E-state index is 13.0. The second-order valence-electron chi connectivity index (χ2n) is 6.04. The minimum Gasteiger partial charge on any atom is -0.305 e. The van der Waals surface area contributed by atoms with Crippen LogP contribution in [0.15, 0.2) is 36.5 Å². The summed E-state index contributed by atoms with van der Waals surface area (Å²) in [4.78, 5) is 16.9. The van der Waals surface area contributed by atoms with Crippen LogP contribution in [0.3, 0.4) is 0 Å². The third-order valence-corrected chi connectivity index (χ3v) is 4.23. The summed E-state index contributed by atoms with van der Waals surface area (Å²) in [7, 11) is 0.